The molecule has 2 aromatic carbocycles. The van der Waals surface area contributed by atoms with Gasteiger partial charge < -0.3 is 15.0 Å². The SMILES string of the molecule is CCCCNC(=O)C(CC)N(Cc1cccc(OC)c1)C(=O)CSCc1cc(C)cc(C)c1. The number of hydrogen-bond acceptors (Lipinski definition) is 4. The first-order valence-electron chi connectivity index (χ1n) is 11.7. The first-order valence-corrected chi connectivity index (χ1v) is 12.9. The second-order valence-electron chi connectivity index (χ2n) is 8.43. The number of thioether (sulfide) groups is 1. The smallest absolute Gasteiger partial charge is 0.242 e. The molecule has 0 fully saturated rings. The number of nitrogens with one attached hydrogen (secondary N) is 1. The highest BCUT2D eigenvalue weighted by Gasteiger charge is 2.28. The molecule has 0 aromatic heterocycles. The van der Waals surface area contributed by atoms with E-state index in [0.717, 1.165) is 29.9 Å². The summed E-state index contributed by atoms with van der Waals surface area (Å²) in [5, 5.41) is 3.01. The molecule has 0 aliphatic heterocycles. The lowest BCUT2D eigenvalue weighted by Gasteiger charge is -2.30. The van der Waals surface area contributed by atoms with Gasteiger partial charge in [0.25, 0.3) is 0 Å². The normalized spacial score (nSPS) is 11.7. The number of benzene rings is 2. The van der Waals surface area contributed by atoms with Gasteiger partial charge in [-0.25, -0.2) is 0 Å². The number of aryl methyl sites for hydroxylation is 2. The molecule has 180 valence electrons. The molecule has 5 nitrogen and oxygen atoms in total. The number of hydrogen-bond donors (Lipinski definition) is 1. The Labute approximate surface area is 203 Å². The van der Waals surface area contributed by atoms with E-state index in [1.165, 1.54) is 16.7 Å². The lowest BCUT2D eigenvalue weighted by atomic mass is 10.1. The number of carbonyl (C=O) groups excluding carboxylic acids is 2. The second-order valence-corrected chi connectivity index (χ2v) is 9.42. The van der Waals surface area contributed by atoms with E-state index in [1.54, 1.807) is 23.8 Å². The van der Waals surface area contributed by atoms with Crippen molar-refractivity contribution in [2.75, 3.05) is 19.4 Å². The predicted octanol–water partition coefficient (Wildman–Crippen LogP) is 5.27. The fraction of sp³-hybridized carbons (Fsp3) is 0.481. The molecule has 0 bridgehead atoms. The Bertz CT molecular complexity index is 896. The van der Waals surface area contributed by atoms with Crippen molar-refractivity contribution in [2.45, 2.75) is 65.3 Å². The van der Waals surface area contributed by atoms with Crippen LogP contribution in [0.3, 0.4) is 0 Å². The number of nitrogens with zero attached hydrogens (tertiary/aromatic N) is 1. The van der Waals surface area contributed by atoms with E-state index in [0.29, 0.717) is 25.3 Å². The summed E-state index contributed by atoms with van der Waals surface area (Å²) < 4.78 is 5.34. The van der Waals surface area contributed by atoms with Gasteiger partial charge in [0, 0.05) is 18.8 Å². The van der Waals surface area contributed by atoms with E-state index < -0.39 is 6.04 Å². The third-order valence-electron chi connectivity index (χ3n) is 5.48. The van der Waals surface area contributed by atoms with E-state index in [9.17, 15) is 9.59 Å². The van der Waals surface area contributed by atoms with Crippen molar-refractivity contribution in [3.63, 3.8) is 0 Å². The van der Waals surface area contributed by atoms with Crippen LogP contribution in [-0.4, -0.2) is 42.2 Å². The van der Waals surface area contributed by atoms with Gasteiger partial charge in [0.2, 0.25) is 11.8 Å². The number of methoxy groups -OCH3 is 1. The summed E-state index contributed by atoms with van der Waals surface area (Å²) in [5.41, 5.74) is 4.62. The van der Waals surface area contributed by atoms with Crippen LogP contribution in [0.2, 0.25) is 0 Å². The molecule has 1 N–H and O–H groups in total. The van der Waals surface area contributed by atoms with Crippen molar-refractivity contribution in [2.24, 2.45) is 0 Å². The topological polar surface area (TPSA) is 58.6 Å². The van der Waals surface area contributed by atoms with Gasteiger partial charge in [-0.05, 0) is 49.9 Å². The molecule has 1 unspecified atom stereocenters. The van der Waals surface area contributed by atoms with E-state index in [4.69, 9.17) is 4.74 Å². The fourth-order valence-corrected chi connectivity index (χ4v) is 4.73. The van der Waals surface area contributed by atoms with Crippen LogP contribution in [0.4, 0.5) is 0 Å². The third kappa shape index (κ3) is 8.77. The average Bonchev–Trinajstić information content (AvgIpc) is 2.78. The van der Waals surface area contributed by atoms with E-state index in [2.05, 4.69) is 44.3 Å². The number of unbranched alkanes of at least 4 members (excludes halogenated alkanes) is 1. The molecule has 0 radical (unpaired) electrons. The van der Waals surface area contributed by atoms with Crippen LogP contribution < -0.4 is 10.1 Å². The maximum atomic E-state index is 13.4. The molecular formula is C27H38N2O3S. The van der Waals surface area contributed by atoms with Crippen LogP contribution in [0.15, 0.2) is 42.5 Å². The summed E-state index contributed by atoms with van der Waals surface area (Å²) in [6, 6.07) is 13.7. The maximum absolute atomic E-state index is 13.4. The summed E-state index contributed by atoms with van der Waals surface area (Å²) in [6.07, 6.45) is 2.51. The number of carbonyl (C=O) groups is 2. The third-order valence-corrected chi connectivity index (χ3v) is 6.47. The molecule has 2 rings (SSSR count). The van der Waals surface area contributed by atoms with Crippen molar-refractivity contribution in [3.05, 3.63) is 64.7 Å². The summed E-state index contributed by atoms with van der Waals surface area (Å²) in [5.74, 6) is 1.73. The highest BCUT2D eigenvalue weighted by Crippen LogP contribution is 2.20. The van der Waals surface area contributed by atoms with Crippen molar-refractivity contribution in [3.8, 4) is 5.75 Å². The Morgan fingerprint density at radius 3 is 2.42 bits per heavy atom. The van der Waals surface area contributed by atoms with Gasteiger partial charge in [-0.15, -0.1) is 11.8 Å². The summed E-state index contributed by atoms with van der Waals surface area (Å²) in [6.45, 7) is 9.23. The fourth-order valence-electron chi connectivity index (χ4n) is 3.88. The summed E-state index contributed by atoms with van der Waals surface area (Å²) >= 11 is 1.59. The largest absolute Gasteiger partial charge is 0.497 e. The molecule has 0 heterocycles. The molecule has 0 aliphatic carbocycles. The Balaban J connectivity index is 2.14. The molecule has 6 heteroatoms. The zero-order chi connectivity index (χ0) is 24.2. The molecule has 1 atom stereocenters. The zero-order valence-corrected chi connectivity index (χ0v) is 21.5. The minimum absolute atomic E-state index is 0.0234. The number of amides is 2. The van der Waals surface area contributed by atoms with Gasteiger partial charge in [-0.2, -0.15) is 0 Å². The second kappa shape index (κ2) is 13.9. The van der Waals surface area contributed by atoms with Crippen LogP contribution in [0, 0.1) is 13.8 Å². The van der Waals surface area contributed by atoms with Crippen molar-refractivity contribution in [1.29, 1.82) is 0 Å². The van der Waals surface area contributed by atoms with Crippen LogP contribution in [0.5, 0.6) is 5.75 Å². The lowest BCUT2D eigenvalue weighted by Crippen LogP contribution is -2.49. The average molecular weight is 471 g/mol. The molecule has 33 heavy (non-hydrogen) atoms. The lowest BCUT2D eigenvalue weighted by molar-refractivity contribution is -0.139. The molecule has 0 saturated carbocycles. The van der Waals surface area contributed by atoms with Crippen molar-refractivity contribution < 1.29 is 14.3 Å². The molecular weight excluding hydrogens is 432 g/mol. The molecule has 0 aliphatic rings. The van der Waals surface area contributed by atoms with E-state index in [-0.39, 0.29) is 11.8 Å². The first-order chi connectivity index (χ1) is 15.9. The maximum Gasteiger partial charge on any atom is 0.242 e. The number of ether oxygens (including phenoxy) is 1. The Morgan fingerprint density at radius 2 is 1.79 bits per heavy atom. The van der Waals surface area contributed by atoms with Crippen molar-refractivity contribution >= 4 is 23.6 Å². The highest BCUT2D eigenvalue weighted by atomic mass is 32.2. The van der Waals surface area contributed by atoms with Crippen LogP contribution >= 0.6 is 11.8 Å². The van der Waals surface area contributed by atoms with Gasteiger partial charge in [-0.1, -0.05) is 61.7 Å². The Morgan fingerprint density at radius 1 is 1.06 bits per heavy atom. The Hall–Kier alpha value is -2.47. The summed E-state index contributed by atoms with van der Waals surface area (Å²) in [7, 11) is 1.63. The predicted molar refractivity (Wildman–Crippen MR) is 138 cm³/mol. The van der Waals surface area contributed by atoms with Crippen molar-refractivity contribution in [1.82, 2.24) is 10.2 Å². The van der Waals surface area contributed by atoms with Gasteiger partial charge >= 0.3 is 0 Å². The van der Waals surface area contributed by atoms with Gasteiger partial charge in [-0.3, -0.25) is 9.59 Å². The van der Waals surface area contributed by atoms with Crippen LogP contribution in [-0.2, 0) is 21.9 Å². The molecule has 2 aromatic rings. The van der Waals surface area contributed by atoms with Crippen LogP contribution in [0.1, 0.15) is 55.4 Å². The van der Waals surface area contributed by atoms with E-state index >= 15 is 0 Å². The summed E-state index contributed by atoms with van der Waals surface area (Å²) in [4.78, 5) is 28.0. The van der Waals surface area contributed by atoms with Gasteiger partial charge in [0.15, 0.2) is 0 Å². The van der Waals surface area contributed by atoms with Crippen LogP contribution in [0.25, 0.3) is 0 Å². The number of rotatable bonds is 13. The minimum Gasteiger partial charge on any atom is -0.497 e. The molecule has 0 spiro atoms. The standard InChI is InChI=1S/C27H38N2O3S/c1-6-8-12-28-27(31)25(7-2)29(17-22-10-9-11-24(16-22)32-5)26(30)19-33-18-23-14-20(3)13-21(4)15-23/h9-11,13-16,25H,6-8,12,17-19H2,1-5H3,(H,28,31). The van der Waals surface area contributed by atoms with Gasteiger partial charge in [0.05, 0.1) is 12.9 Å². The zero-order valence-electron chi connectivity index (χ0n) is 20.6. The molecule has 0 saturated heterocycles. The monoisotopic (exact) mass is 470 g/mol. The highest BCUT2D eigenvalue weighted by molar-refractivity contribution is 7.99. The Kier molecular flexibility index (Phi) is 11.3. The van der Waals surface area contributed by atoms with Gasteiger partial charge in [0.1, 0.15) is 11.8 Å². The minimum atomic E-state index is -0.498. The quantitative estimate of drug-likeness (QED) is 0.405. The molecule has 2 amide bonds. The first kappa shape index (κ1) is 26.8. The van der Waals surface area contributed by atoms with E-state index in [1.807, 2.05) is 31.2 Å².